The molecule has 4 rings (SSSR count). The van der Waals surface area contributed by atoms with Gasteiger partial charge in [-0.05, 0) is 30.5 Å². The molecule has 0 radical (unpaired) electrons. The Morgan fingerprint density at radius 1 is 0.971 bits per heavy atom. The van der Waals surface area contributed by atoms with E-state index in [-0.39, 0.29) is 17.5 Å². The number of aromatic nitrogens is 2. The number of anilines is 1. The Labute approximate surface area is 205 Å². The van der Waals surface area contributed by atoms with E-state index in [1.807, 2.05) is 73.4 Å². The van der Waals surface area contributed by atoms with E-state index in [0.717, 1.165) is 16.7 Å². The maximum absolute atomic E-state index is 12.8. The summed E-state index contributed by atoms with van der Waals surface area (Å²) in [6.07, 6.45) is 9.48. The summed E-state index contributed by atoms with van der Waals surface area (Å²) >= 11 is 6.08. The van der Waals surface area contributed by atoms with E-state index in [0.29, 0.717) is 25.3 Å². The highest BCUT2D eigenvalue weighted by Gasteiger charge is 2.26. The molecule has 0 spiro atoms. The molecule has 1 fully saturated rings. The van der Waals surface area contributed by atoms with Crippen LogP contribution in [0, 0.1) is 0 Å². The first-order valence-electron chi connectivity index (χ1n) is 11.2. The molecular formula is C27H29ClN4O2. The first-order valence-corrected chi connectivity index (χ1v) is 11.6. The monoisotopic (exact) mass is 476 g/mol. The van der Waals surface area contributed by atoms with Crippen molar-refractivity contribution in [3.05, 3.63) is 106 Å². The molecule has 1 N–H and O–H groups in total. The summed E-state index contributed by atoms with van der Waals surface area (Å²) in [5.74, 6) is -0.00883. The summed E-state index contributed by atoms with van der Waals surface area (Å²) in [6, 6.07) is 18.3. The molecule has 1 saturated heterocycles. The van der Waals surface area contributed by atoms with Gasteiger partial charge in [0.25, 0.3) is 5.56 Å². The minimum absolute atomic E-state index is 0.00883. The lowest BCUT2D eigenvalue weighted by Gasteiger charge is -2.36. The number of rotatable bonds is 5. The quantitative estimate of drug-likeness (QED) is 0.521. The average Bonchev–Trinajstić information content (AvgIpc) is 2.87. The smallest absolute Gasteiger partial charge is 0.285 e. The minimum atomic E-state index is -0.453. The highest BCUT2D eigenvalue weighted by atomic mass is 35.5. The fraction of sp³-hybridized carbons (Fsp3) is 0.222. The molecule has 2 heterocycles. The van der Waals surface area contributed by atoms with Crippen LogP contribution in [0.4, 0.5) is 5.69 Å². The van der Waals surface area contributed by atoms with Crippen molar-refractivity contribution in [2.45, 2.75) is 20.4 Å². The molecule has 1 amide bonds. The predicted molar refractivity (Wildman–Crippen MR) is 139 cm³/mol. The number of H-pyrrole nitrogens is 1. The zero-order valence-corrected chi connectivity index (χ0v) is 20.2. The first-order chi connectivity index (χ1) is 16.5. The van der Waals surface area contributed by atoms with Crippen LogP contribution in [0.5, 0.6) is 0 Å². The first kappa shape index (κ1) is 25.0. The van der Waals surface area contributed by atoms with E-state index in [4.69, 9.17) is 11.6 Å². The molecule has 0 unspecified atom stereocenters. The number of amides is 1. The van der Waals surface area contributed by atoms with Gasteiger partial charge >= 0.3 is 0 Å². The second-order valence-electron chi connectivity index (χ2n) is 7.71. The predicted octanol–water partition coefficient (Wildman–Crippen LogP) is 5.08. The zero-order valence-electron chi connectivity index (χ0n) is 19.4. The van der Waals surface area contributed by atoms with Crippen LogP contribution in [0.15, 0.2) is 89.9 Å². The van der Waals surface area contributed by atoms with Crippen molar-refractivity contribution in [2.24, 2.45) is 0 Å². The lowest BCUT2D eigenvalue weighted by Crippen LogP contribution is -2.50. The summed E-state index contributed by atoms with van der Waals surface area (Å²) in [5.41, 5.74) is 3.39. The number of hydrogen-bond donors (Lipinski definition) is 1. The van der Waals surface area contributed by atoms with Crippen molar-refractivity contribution in [2.75, 3.05) is 24.5 Å². The van der Waals surface area contributed by atoms with Gasteiger partial charge in [-0.15, -0.1) is 0 Å². The second kappa shape index (κ2) is 12.6. The van der Waals surface area contributed by atoms with Gasteiger partial charge < -0.3 is 9.80 Å². The van der Waals surface area contributed by atoms with Crippen molar-refractivity contribution >= 4 is 23.2 Å². The van der Waals surface area contributed by atoms with Gasteiger partial charge in [0.1, 0.15) is 5.02 Å². The molecule has 0 bridgehead atoms. The Morgan fingerprint density at radius 2 is 1.65 bits per heavy atom. The lowest BCUT2D eigenvalue weighted by molar-refractivity contribution is -0.131. The largest absolute Gasteiger partial charge is 0.358 e. The number of nitrogens with zero attached hydrogens (tertiary/aromatic N) is 3. The molecule has 34 heavy (non-hydrogen) atoms. The standard InChI is InChI=1S/C21H19ClN4O2.C6H10/c22-20-18(12-23-24-21(20)28)25-10-11-26(19(27)14-25)13-16-8-4-5-9-17(16)15-6-2-1-3-7-15;1-3-5-6-4-2/h1-9,12H,10-11,13-14H2,(H,24,28);3-6H,1-2H3/b;5-3-,6-4-. The number of halogens is 1. The van der Waals surface area contributed by atoms with Crippen molar-refractivity contribution in [3.63, 3.8) is 0 Å². The molecule has 1 aromatic heterocycles. The van der Waals surface area contributed by atoms with Crippen LogP contribution in [-0.2, 0) is 11.3 Å². The van der Waals surface area contributed by atoms with Gasteiger partial charge in [0.2, 0.25) is 5.91 Å². The molecule has 0 atom stereocenters. The molecular weight excluding hydrogens is 448 g/mol. The number of carbonyl (C=O) groups excluding carboxylic acids is 1. The van der Waals surface area contributed by atoms with Crippen LogP contribution in [-0.4, -0.2) is 40.6 Å². The van der Waals surface area contributed by atoms with Gasteiger partial charge in [-0.2, -0.15) is 5.10 Å². The van der Waals surface area contributed by atoms with E-state index < -0.39 is 5.56 Å². The molecule has 0 aliphatic carbocycles. The summed E-state index contributed by atoms with van der Waals surface area (Å²) in [5, 5.41) is 6.14. The number of hydrogen-bond acceptors (Lipinski definition) is 4. The van der Waals surface area contributed by atoms with E-state index in [2.05, 4.69) is 34.5 Å². The van der Waals surface area contributed by atoms with Gasteiger partial charge in [-0.3, -0.25) is 9.59 Å². The van der Waals surface area contributed by atoms with E-state index in [1.54, 1.807) is 4.90 Å². The number of nitrogens with one attached hydrogen (secondary N) is 1. The van der Waals surface area contributed by atoms with Crippen molar-refractivity contribution in [1.82, 2.24) is 15.1 Å². The fourth-order valence-corrected chi connectivity index (χ4v) is 3.87. The van der Waals surface area contributed by atoms with Crippen LogP contribution in [0.3, 0.4) is 0 Å². The minimum Gasteiger partial charge on any atom is -0.358 e. The van der Waals surface area contributed by atoms with Crippen LogP contribution in [0.25, 0.3) is 11.1 Å². The average molecular weight is 477 g/mol. The van der Waals surface area contributed by atoms with E-state index in [1.165, 1.54) is 6.20 Å². The van der Waals surface area contributed by atoms with Crippen molar-refractivity contribution < 1.29 is 4.79 Å². The number of allylic oxidation sites excluding steroid dienone is 4. The molecule has 1 aliphatic rings. The maximum Gasteiger partial charge on any atom is 0.285 e. The molecule has 1 aliphatic heterocycles. The Morgan fingerprint density at radius 3 is 2.32 bits per heavy atom. The van der Waals surface area contributed by atoms with Gasteiger partial charge in [0.05, 0.1) is 18.4 Å². The van der Waals surface area contributed by atoms with Gasteiger partial charge in [-0.1, -0.05) is 90.5 Å². The number of piperazine rings is 1. The molecule has 0 saturated carbocycles. The van der Waals surface area contributed by atoms with Gasteiger partial charge in [-0.25, -0.2) is 5.10 Å². The second-order valence-corrected chi connectivity index (χ2v) is 8.09. The normalized spacial score (nSPS) is 13.9. The Balaban J connectivity index is 0.000000481. The topological polar surface area (TPSA) is 69.3 Å². The van der Waals surface area contributed by atoms with Gasteiger partial charge in [0.15, 0.2) is 0 Å². The Kier molecular flexibility index (Phi) is 9.23. The van der Waals surface area contributed by atoms with Crippen molar-refractivity contribution in [3.8, 4) is 11.1 Å². The summed E-state index contributed by atoms with van der Waals surface area (Å²) in [4.78, 5) is 28.1. The van der Waals surface area contributed by atoms with Crippen LogP contribution >= 0.6 is 11.6 Å². The maximum atomic E-state index is 12.8. The fourth-order valence-electron chi connectivity index (χ4n) is 3.66. The Hall–Kier alpha value is -3.64. The van der Waals surface area contributed by atoms with Crippen LogP contribution in [0.2, 0.25) is 5.02 Å². The third-order valence-electron chi connectivity index (χ3n) is 5.40. The number of carbonyl (C=O) groups is 1. The summed E-state index contributed by atoms with van der Waals surface area (Å²) in [6.45, 7) is 5.84. The summed E-state index contributed by atoms with van der Waals surface area (Å²) in [7, 11) is 0. The highest BCUT2D eigenvalue weighted by molar-refractivity contribution is 6.33. The molecule has 7 heteroatoms. The van der Waals surface area contributed by atoms with E-state index >= 15 is 0 Å². The molecule has 176 valence electrons. The third-order valence-corrected chi connectivity index (χ3v) is 5.76. The van der Waals surface area contributed by atoms with E-state index in [9.17, 15) is 9.59 Å². The third kappa shape index (κ3) is 6.45. The summed E-state index contributed by atoms with van der Waals surface area (Å²) < 4.78 is 0. The molecule has 3 aromatic rings. The SMILES string of the molecule is C/C=C\C=C/C.O=C1CN(c2cn[nH]c(=O)c2Cl)CCN1Cc1ccccc1-c1ccccc1. The molecule has 6 nitrogen and oxygen atoms in total. The number of aromatic amines is 1. The van der Waals surface area contributed by atoms with Crippen LogP contribution in [0.1, 0.15) is 19.4 Å². The zero-order chi connectivity index (χ0) is 24.3. The number of benzene rings is 2. The van der Waals surface area contributed by atoms with Crippen molar-refractivity contribution in [1.29, 1.82) is 0 Å². The van der Waals surface area contributed by atoms with Gasteiger partial charge in [0, 0.05) is 19.6 Å². The van der Waals surface area contributed by atoms with Crippen LogP contribution < -0.4 is 10.5 Å². The highest BCUT2D eigenvalue weighted by Crippen LogP contribution is 2.26. The molecule has 2 aromatic carbocycles. The lowest BCUT2D eigenvalue weighted by atomic mass is 9.99. The Bertz CT molecular complexity index is 1190.